The van der Waals surface area contributed by atoms with Crippen molar-refractivity contribution in [2.75, 3.05) is 19.3 Å². The van der Waals surface area contributed by atoms with Crippen molar-refractivity contribution in [1.29, 1.82) is 0 Å². The summed E-state index contributed by atoms with van der Waals surface area (Å²) < 4.78 is 51.9. The molecule has 0 saturated carbocycles. The summed E-state index contributed by atoms with van der Waals surface area (Å²) in [5.74, 6) is -0.189. The molecule has 146 valence electrons. The second kappa shape index (κ2) is 7.71. The smallest absolute Gasteiger partial charge is 0.211 e. The molecule has 0 aliphatic carbocycles. The first-order chi connectivity index (χ1) is 12.7. The number of rotatable bonds is 5. The standard InChI is InChI=1S/C19H23NO5S2/c1-26(22,23)20-12-17(16-5-3-2-4-6-16)11-19(13-20)27(24,25)18-9-7-15(14-21)8-10-18/h2-10,17,19,21H,11-14H2,1H3/t17-,19+/m1/s1. The van der Waals surface area contributed by atoms with E-state index in [4.69, 9.17) is 5.11 Å². The van der Waals surface area contributed by atoms with Crippen molar-refractivity contribution >= 4 is 19.9 Å². The Morgan fingerprint density at radius 3 is 2.15 bits per heavy atom. The molecule has 3 rings (SSSR count). The van der Waals surface area contributed by atoms with Gasteiger partial charge in [0.1, 0.15) is 0 Å². The summed E-state index contributed by atoms with van der Waals surface area (Å²) in [5.41, 5.74) is 1.55. The summed E-state index contributed by atoms with van der Waals surface area (Å²) in [5, 5.41) is 8.31. The normalized spacial score (nSPS) is 21.9. The second-order valence-corrected chi connectivity index (χ2v) is 11.1. The molecule has 1 heterocycles. The van der Waals surface area contributed by atoms with Crippen molar-refractivity contribution in [3.63, 3.8) is 0 Å². The third kappa shape index (κ3) is 4.40. The van der Waals surface area contributed by atoms with Gasteiger partial charge in [0.2, 0.25) is 10.0 Å². The highest BCUT2D eigenvalue weighted by Gasteiger charge is 2.39. The lowest BCUT2D eigenvalue weighted by Crippen LogP contribution is -2.47. The Balaban J connectivity index is 1.96. The molecule has 0 unspecified atom stereocenters. The fraction of sp³-hybridized carbons (Fsp3) is 0.368. The molecule has 2 aromatic rings. The van der Waals surface area contributed by atoms with E-state index in [9.17, 15) is 16.8 Å². The van der Waals surface area contributed by atoms with E-state index in [2.05, 4.69) is 0 Å². The monoisotopic (exact) mass is 409 g/mol. The molecule has 1 aliphatic rings. The van der Waals surface area contributed by atoms with E-state index in [0.717, 1.165) is 11.8 Å². The molecule has 8 heteroatoms. The first-order valence-electron chi connectivity index (χ1n) is 8.65. The number of sulfone groups is 1. The molecule has 0 amide bonds. The van der Waals surface area contributed by atoms with Gasteiger partial charge in [-0.2, -0.15) is 0 Å². The zero-order valence-electron chi connectivity index (χ0n) is 15.0. The predicted octanol–water partition coefficient (Wildman–Crippen LogP) is 1.77. The molecule has 27 heavy (non-hydrogen) atoms. The van der Waals surface area contributed by atoms with Gasteiger partial charge in [0.25, 0.3) is 0 Å². The van der Waals surface area contributed by atoms with Gasteiger partial charge in [-0.3, -0.25) is 0 Å². The Labute approximate surface area is 160 Å². The van der Waals surface area contributed by atoms with Crippen molar-refractivity contribution in [1.82, 2.24) is 4.31 Å². The van der Waals surface area contributed by atoms with Crippen LogP contribution in [0.3, 0.4) is 0 Å². The molecule has 1 aliphatic heterocycles. The number of piperidine rings is 1. The molecule has 2 aromatic carbocycles. The minimum atomic E-state index is -3.71. The van der Waals surface area contributed by atoms with Crippen molar-refractivity contribution < 1.29 is 21.9 Å². The average Bonchev–Trinajstić information content (AvgIpc) is 2.67. The van der Waals surface area contributed by atoms with Crippen LogP contribution in [-0.4, -0.2) is 50.8 Å². The summed E-state index contributed by atoms with van der Waals surface area (Å²) in [7, 11) is -7.23. The van der Waals surface area contributed by atoms with Crippen LogP contribution in [0.1, 0.15) is 23.5 Å². The number of hydrogen-bond donors (Lipinski definition) is 1. The molecular formula is C19H23NO5S2. The van der Waals surface area contributed by atoms with Gasteiger partial charge in [0.05, 0.1) is 23.0 Å². The molecule has 2 atom stereocenters. The van der Waals surface area contributed by atoms with Crippen LogP contribution in [0, 0.1) is 0 Å². The van der Waals surface area contributed by atoms with Gasteiger partial charge in [0.15, 0.2) is 9.84 Å². The third-order valence-electron chi connectivity index (χ3n) is 4.99. The molecule has 0 radical (unpaired) electrons. The van der Waals surface area contributed by atoms with Gasteiger partial charge in [0, 0.05) is 13.1 Å². The quantitative estimate of drug-likeness (QED) is 0.813. The van der Waals surface area contributed by atoms with Gasteiger partial charge < -0.3 is 5.11 Å². The summed E-state index contributed by atoms with van der Waals surface area (Å²) >= 11 is 0. The van der Waals surface area contributed by atoms with Crippen molar-refractivity contribution in [2.45, 2.75) is 29.1 Å². The number of hydrogen-bond acceptors (Lipinski definition) is 5. The van der Waals surface area contributed by atoms with Gasteiger partial charge in [-0.05, 0) is 35.6 Å². The summed E-state index contributed by atoms with van der Waals surface area (Å²) in [6.45, 7) is 0.0618. The van der Waals surface area contributed by atoms with Gasteiger partial charge in [-0.15, -0.1) is 0 Å². The first-order valence-corrected chi connectivity index (χ1v) is 12.0. The van der Waals surface area contributed by atoms with E-state index in [-0.39, 0.29) is 30.5 Å². The maximum Gasteiger partial charge on any atom is 0.211 e. The molecular weight excluding hydrogens is 386 g/mol. The number of nitrogens with zero attached hydrogens (tertiary/aromatic N) is 1. The van der Waals surface area contributed by atoms with Crippen molar-refractivity contribution in [3.8, 4) is 0 Å². The van der Waals surface area contributed by atoms with E-state index < -0.39 is 25.1 Å². The van der Waals surface area contributed by atoms with Gasteiger partial charge >= 0.3 is 0 Å². The fourth-order valence-corrected chi connectivity index (χ4v) is 6.21. The van der Waals surface area contributed by atoms with E-state index >= 15 is 0 Å². The second-order valence-electron chi connectivity index (χ2n) is 6.89. The lowest BCUT2D eigenvalue weighted by Gasteiger charge is -2.36. The number of benzene rings is 2. The van der Waals surface area contributed by atoms with Crippen LogP contribution in [0.15, 0.2) is 59.5 Å². The number of aliphatic hydroxyl groups excluding tert-OH is 1. The Morgan fingerprint density at radius 2 is 1.59 bits per heavy atom. The highest BCUT2D eigenvalue weighted by Crippen LogP contribution is 2.33. The summed E-state index contributed by atoms with van der Waals surface area (Å²) in [6.07, 6.45) is 1.47. The first kappa shape index (κ1) is 20.0. The molecule has 1 N–H and O–H groups in total. The zero-order chi connectivity index (χ0) is 19.7. The van der Waals surface area contributed by atoms with Crippen LogP contribution in [0.5, 0.6) is 0 Å². The van der Waals surface area contributed by atoms with Crippen molar-refractivity contribution in [2.24, 2.45) is 0 Å². The van der Waals surface area contributed by atoms with E-state index in [1.165, 1.54) is 16.4 Å². The SMILES string of the molecule is CS(=O)(=O)N1C[C@H](c2ccccc2)C[C@H](S(=O)(=O)c2ccc(CO)cc2)C1. The third-order valence-corrected chi connectivity index (χ3v) is 8.38. The molecule has 1 fully saturated rings. The van der Waals surface area contributed by atoms with E-state index in [1.807, 2.05) is 30.3 Å². The Kier molecular flexibility index (Phi) is 5.71. The van der Waals surface area contributed by atoms with E-state index in [1.54, 1.807) is 12.1 Å². The lowest BCUT2D eigenvalue weighted by atomic mass is 9.91. The maximum atomic E-state index is 13.2. The summed E-state index contributed by atoms with van der Waals surface area (Å²) in [6, 6.07) is 15.5. The van der Waals surface area contributed by atoms with E-state index in [0.29, 0.717) is 12.0 Å². The molecule has 0 spiro atoms. The minimum Gasteiger partial charge on any atom is -0.392 e. The predicted molar refractivity (Wildman–Crippen MR) is 104 cm³/mol. The molecule has 0 aromatic heterocycles. The largest absolute Gasteiger partial charge is 0.392 e. The lowest BCUT2D eigenvalue weighted by molar-refractivity contribution is 0.281. The highest BCUT2D eigenvalue weighted by molar-refractivity contribution is 7.92. The van der Waals surface area contributed by atoms with Crippen molar-refractivity contribution in [3.05, 3.63) is 65.7 Å². The summed E-state index contributed by atoms with van der Waals surface area (Å²) in [4.78, 5) is 0.145. The molecule has 6 nitrogen and oxygen atoms in total. The zero-order valence-corrected chi connectivity index (χ0v) is 16.7. The molecule has 1 saturated heterocycles. The minimum absolute atomic E-state index is 0.0494. The van der Waals surface area contributed by atoms with Gasteiger partial charge in [-0.1, -0.05) is 42.5 Å². The number of aliphatic hydroxyl groups is 1. The topological polar surface area (TPSA) is 91.8 Å². The van der Waals surface area contributed by atoms with Crippen LogP contribution in [-0.2, 0) is 26.5 Å². The Hall–Kier alpha value is -1.74. The fourth-order valence-electron chi connectivity index (χ4n) is 3.45. The highest BCUT2D eigenvalue weighted by atomic mass is 32.2. The van der Waals surface area contributed by atoms with Crippen LogP contribution in [0.4, 0.5) is 0 Å². The van der Waals surface area contributed by atoms with Crippen LogP contribution in [0.2, 0.25) is 0 Å². The van der Waals surface area contributed by atoms with Gasteiger partial charge in [-0.25, -0.2) is 21.1 Å². The Morgan fingerprint density at radius 1 is 0.963 bits per heavy atom. The van der Waals surface area contributed by atoms with Crippen LogP contribution in [0.25, 0.3) is 0 Å². The van der Waals surface area contributed by atoms with Crippen LogP contribution < -0.4 is 0 Å². The van der Waals surface area contributed by atoms with Crippen LogP contribution >= 0.6 is 0 Å². The average molecular weight is 410 g/mol. The Bertz CT molecular complexity index is 986. The number of sulfonamides is 1. The maximum absolute atomic E-state index is 13.2. The molecule has 0 bridgehead atoms.